The fraction of sp³-hybridized carbons (Fsp3) is 0.600. The van der Waals surface area contributed by atoms with Crippen molar-refractivity contribution in [2.45, 2.75) is 30.9 Å². The Balaban J connectivity index is 1.67. The SMILES string of the molecule is Cn1cc(C#N)cc1C(=O)NC1CCOC2(CCSC2)C1. The molecule has 2 unspecified atom stereocenters. The zero-order valence-corrected chi connectivity index (χ0v) is 12.9. The number of nitrogens with one attached hydrogen (secondary N) is 1. The second-order valence-corrected chi connectivity index (χ2v) is 6.94. The largest absolute Gasteiger partial charge is 0.374 e. The van der Waals surface area contributed by atoms with Gasteiger partial charge in [-0.05, 0) is 31.1 Å². The van der Waals surface area contributed by atoms with Gasteiger partial charge < -0.3 is 14.6 Å². The predicted molar refractivity (Wildman–Crippen MR) is 81.2 cm³/mol. The van der Waals surface area contributed by atoms with Crippen molar-refractivity contribution in [3.8, 4) is 6.07 Å². The molecule has 0 bridgehead atoms. The average molecular weight is 305 g/mol. The quantitative estimate of drug-likeness (QED) is 0.903. The van der Waals surface area contributed by atoms with Crippen LogP contribution in [0.2, 0.25) is 0 Å². The van der Waals surface area contributed by atoms with Crippen molar-refractivity contribution >= 4 is 17.7 Å². The number of hydrogen-bond acceptors (Lipinski definition) is 4. The average Bonchev–Trinajstić information content (AvgIpc) is 3.06. The van der Waals surface area contributed by atoms with Gasteiger partial charge in [0.15, 0.2) is 0 Å². The molecule has 21 heavy (non-hydrogen) atoms. The van der Waals surface area contributed by atoms with Gasteiger partial charge in [-0.15, -0.1) is 0 Å². The van der Waals surface area contributed by atoms with Crippen molar-refractivity contribution in [2.24, 2.45) is 7.05 Å². The molecule has 0 radical (unpaired) electrons. The summed E-state index contributed by atoms with van der Waals surface area (Å²) < 4.78 is 7.67. The molecule has 1 aromatic rings. The first-order valence-corrected chi connectivity index (χ1v) is 8.36. The minimum atomic E-state index is -0.105. The van der Waals surface area contributed by atoms with E-state index in [1.54, 1.807) is 23.9 Å². The lowest BCUT2D eigenvalue weighted by molar-refractivity contribution is -0.0688. The topological polar surface area (TPSA) is 67.0 Å². The highest BCUT2D eigenvalue weighted by Crippen LogP contribution is 2.38. The maximum absolute atomic E-state index is 12.4. The van der Waals surface area contributed by atoms with Gasteiger partial charge in [0.25, 0.3) is 5.91 Å². The molecule has 2 aliphatic heterocycles. The van der Waals surface area contributed by atoms with Gasteiger partial charge in [-0.1, -0.05) is 0 Å². The van der Waals surface area contributed by atoms with E-state index in [0.29, 0.717) is 17.9 Å². The fourth-order valence-corrected chi connectivity index (χ4v) is 4.50. The van der Waals surface area contributed by atoms with Crippen LogP contribution in [0.5, 0.6) is 0 Å². The summed E-state index contributed by atoms with van der Waals surface area (Å²) in [5.41, 5.74) is 1.01. The molecule has 0 saturated carbocycles. The van der Waals surface area contributed by atoms with E-state index < -0.39 is 0 Å². The van der Waals surface area contributed by atoms with Gasteiger partial charge in [0, 0.05) is 31.6 Å². The molecule has 1 amide bonds. The van der Waals surface area contributed by atoms with Gasteiger partial charge in [0.2, 0.25) is 0 Å². The molecule has 112 valence electrons. The summed E-state index contributed by atoms with van der Waals surface area (Å²) in [7, 11) is 1.79. The summed E-state index contributed by atoms with van der Waals surface area (Å²) in [5, 5.41) is 12.0. The number of aryl methyl sites for hydroxylation is 1. The van der Waals surface area contributed by atoms with Crippen molar-refractivity contribution in [2.75, 3.05) is 18.1 Å². The second-order valence-electron chi connectivity index (χ2n) is 5.83. The maximum atomic E-state index is 12.4. The number of rotatable bonds is 2. The maximum Gasteiger partial charge on any atom is 0.268 e. The lowest BCUT2D eigenvalue weighted by Gasteiger charge is -2.38. The highest BCUT2D eigenvalue weighted by atomic mass is 32.2. The smallest absolute Gasteiger partial charge is 0.268 e. The van der Waals surface area contributed by atoms with Gasteiger partial charge in [0.05, 0.1) is 11.2 Å². The summed E-state index contributed by atoms with van der Waals surface area (Å²) in [6.07, 6.45) is 4.50. The molecule has 2 saturated heterocycles. The fourth-order valence-electron chi connectivity index (χ4n) is 3.13. The van der Waals surface area contributed by atoms with E-state index in [0.717, 1.165) is 30.8 Å². The van der Waals surface area contributed by atoms with Crippen molar-refractivity contribution in [1.82, 2.24) is 9.88 Å². The molecule has 3 rings (SSSR count). The minimum Gasteiger partial charge on any atom is -0.374 e. The van der Waals surface area contributed by atoms with E-state index in [4.69, 9.17) is 10.00 Å². The molecule has 1 N–H and O–H groups in total. The minimum absolute atomic E-state index is 0.0348. The number of amides is 1. The van der Waals surface area contributed by atoms with Gasteiger partial charge in [0.1, 0.15) is 11.8 Å². The van der Waals surface area contributed by atoms with Crippen molar-refractivity contribution < 1.29 is 9.53 Å². The zero-order valence-electron chi connectivity index (χ0n) is 12.1. The van der Waals surface area contributed by atoms with Gasteiger partial charge >= 0.3 is 0 Å². The van der Waals surface area contributed by atoms with E-state index in [2.05, 4.69) is 11.4 Å². The summed E-state index contributed by atoms with van der Waals surface area (Å²) >= 11 is 1.93. The molecule has 2 atom stereocenters. The predicted octanol–water partition coefficient (Wildman–Crippen LogP) is 1.68. The third-order valence-electron chi connectivity index (χ3n) is 4.26. The van der Waals surface area contributed by atoms with Crippen LogP contribution in [-0.2, 0) is 11.8 Å². The van der Waals surface area contributed by atoms with Crippen LogP contribution in [0, 0.1) is 11.3 Å². The van der Waals surface area contributed by atoms with Crippen LogP contribution < -0.4 is 5.32 Å². The number of carbonyl (C=O) groups excluding carboxylic acids is 1. The van der Waals surface area contributed by atoms with E-state index in [-0.39, 0.29) is 17.6 Å². The Hall–Kier alpha value is -1.45. The Morgan fingerprint density at radius 1 is 1.67 bits per heavy atom. The molecular formula is C15H19N3O2S. The lowest BCUT2D eigenvalue weighted by atomic mass is 9.90. The molecule has 2 fully saturated rings. The summed E-state index contributed by atoms with van der Waals surface area (Å²) in [6.45, 7) is 0.710. The Morgan fingerprint density at radius 3 is 3.19 bits per heavy atom. The monoisotopic (exact) mass is 305 g/mol. The number of hydrogen-bond donors (Lipinski definition) is 1. The van der Waals surface area contributed by atoms with Crippen LogP contribution in [0.3, 0.4) is 0 Å². The first-order chi connectivity index (χ1) is 10.1. The number of aromatic nitrogens is 1. The number of nitrogens with zero attached hydrogens (tertiary/aromatic N) is 2. The Bertz CT molecular complexity index is 584. The Morgan fingerprint density at radius 2 is 2.52 bits per heavy atom. The van der Waals surface area contributed by atoms with Gasteiger partial charge in [-0.2, -0.15) is 17.0 Å². The van der Waals surface area contributed by atoms with Crippen molar-refractivity contribution in [3.05, 3.63) is 23.5 Å². The molecule has 0 aromatic carbocycles. The normalized spacial score (nSPS) is 28.5. The van der Waals surface area contributed by atoms with Crippen molar-refractivity contribution in [3.63, 3.8) is 0 Å². The van der Waals surface area contributed by atoms with Crippen LogP contribution >= 0.6 is 11.8 Å². The summed E-state index contributed by atoms with van der Waals surface area (Å²) in [4.78, 5) is 12.4. The number of thioether (sulfide) groups is 1. The van der Waals surface area contributed by atoms with E-state index in [1.165, 1.54) is 0 Å². The van der Waals surface area contributed by atoms with E-state index in [9.17, 15) is 4.79 Å². The lowest BCUT2D eigenvalue weighted by Crippen LogP contribution is -2.49. The Kier molecular flexibility index (Phi) is 3.96. The van der Waals surface area contributed by atoms with Gasteiger partial charge in [-0.3, -0.25) is 4.79 Å². The van der Waals surface area contributed by atoms with Crippen molar-refractivity contribution in [1.29, 1.82) is 5.26 Å². The first-order valence-electron chi connectivity index (χ1n) is 7.21. The van der Waals surface area contributed by atoms with E-state index >= 15 is 0 Å². The number of nitriles is 1. The molecule has 2 aliphatic rings. The summed E-state index contributed by atoms with van der Waals surface area (Å²) in [5.74, 6) is 2.07. The molecular weight excluding hydrogens is 286 g/mol. The third kappa shape index (κ3) is 2.94. The van der Waals surface area contributed by atoms with Crippen LogP contribution in [0.1, 0.15) is 35.3 Å². The summed E-state index contributed by atoms with van der Waals surface area (Å²) in [6, 6.07) is 3.86. The second kappa shape index (κ2) is 5.74. The van der Waals surface area contributed by atoms with Crippen LogP contribution in [0.25, 0.3) is 0 Å². The highest BCUT2D eigenvalue weighted by molar-refractivity contribution is 7.99. The zero-order chi connectivity index (χ0) is 14.9. The molecule has 0 aliphatic carbocycles. The molecule has 1 spiro atoms. The highest BCUT2D eigenvalue weighted by Gasteiger charge is 2.40. The van der Waals surface area contributed by atoms with Gasteiger partial charge in [-0.25, -0.2) is 0 Å². The van der Waals surface area contributed by atoms with Crippen LogP contribution in [0.4, 0.5) is 0 Å². The number of carbonyl (C=O) groups is 1. The Labute approximate surface area is 128 Å². The van der Waals surface area contributed by atoms with E-state index in [1.807, 2.05) is 11.8 Å². The standard InChI is InChI=1S/C15H19N3O2S/c1-18-9-11(8-16)6-13(18)14(19)17-12-2-4-20-15(7-12)3-5-21-10-15/h6,9,12H,2-5,7,10H2,1H3,(H,17,19). The number of ether oxygens (including phenoxy) is 1. The third-order valence-corrected chi connectivity index (χ3v) is 5.49. The molecule has 1 aromatic heterocycles. The van der Waals surface area contributed by atoms with Crippen LogP contribution in [-0.4, -0.2) is 40.2 Å². The van der Waals surface area contributed by atoms with Crippen LogP contribution in [0.15, 0.2) is 12.3 Å². The first kappa shape index (κ1) is 14.5. The molecule has 6 heteroatoms. The molecule has 3 heterocycles. The molecule has 5 nitrogen and oxygen atoms in total.